The fourth-order valence-electron chi connectivity index (χ4n) is 1.76. The minimum absolute atomic E-state index is 0.223. The Balaban J connectivity index is 2.42. The fraction of sp³-hybridized carbons (Fsp3) is 0.571. The van der Waals surface area contributed by atoms with Gasteiger partial charge in [-0.1, -0.05) is 38.8 Å². The first-order valence-electron chi connectivity index (χ1n) is 6.23. The Morgan fingerprint density at radius 1 is 1.12 bits per heavy atom. The number of hydrogen-bond donors (Lipinski definition) is 2. The Morgan fingerprint density at radius 2 is 1.75 bits per heavy atom. The van der Waals surface area contributed by atoms with Crippen LogP contribution in [0, 0.1) is 5.92 Å². The van der Waals surface area contributed by atoms with E-state index in [9.17, 15) is 0 Å². The number of rotatable bonds is 7. The molecular weight excluding hydrogens is 198 g/mol. The second kappa shape index (κ2) is 7.29. The van der Waals surface area contributed by atoms with Crippen molar-refractivity contribution in [1.82, 2.24) is 0 Å². The molecular formula is C14H23NO. The van der Waals surface area contributed by atoms with Crippen LogP contribution in [0.3, 0.4) is 0 Å². The summed E-state index contributed by atoms with van der Waals surface area (Å²) in [5.74, 6) is 0.761. The molecule has 0 spiro atoms. The summed E-state index contributed by atoms with van der Waals surface area (Å²) in [5, 5.41) is 12.3. The molecule has 1 rings (SSSR count). The Hall–Kier alpha value is -1.02. The maximum atomic E-state index is 8.81. The monoisotopic (exact) mass is 221 g/mol. The van der Waals surface area contributed by atoms with Gasteiger partial charge in [-0.2, -0.15) is 0 Å². The molecule has 0 heterocycles. The Bertz CT molecular complexity index is 277. The molecule has 0 atom stereocenters. The van der Waals surface area contributed by atoms with Crippen molar-refractivity contribution in [2.24, 2.45) is 5.92 Å². The topological polar surface area (TPSA) is 32.3 Å². The van der Waals surface area contributed by atoms with E-state index in [2.05, 4.69) is 43.4 Å². The largest absolute Gasteiger partial charge is 0.396 e. The maximum Gasteiger partial charge on any atom is 0.0471 e. The van der Waals surface area contributed by atoms with Crippen molar-refractivity contribution >= 4 is 5.69 Å². The van der Waals surface area contributed by atoms with Gasteiger partial charge in [-0.05, 0) is 30.0 Å². The van der Waals surface area contributed by atoms with E-state index in [1.165, 1.54) is 24.1 Å². The van der Waals surface area contributed by atoms with Crippen molar-refractivity contribution < 1.29 is 5.11 Å². The van der Waals surface area contributed by atoms with Crippen LogP contribution in [-0.4, -0.2) is 18.3 Å². The number of aliphatic hydroxyl groups is 1. The Morgan fingerprint density at radius 3 is 2.25 bits per heavy atom. The van der Waals surface area contributed by atoms with E-state index in [1.54, 1.807) is 0 Å². The molecule has 16 heavy (non-hydrogen) atoms. The smallest absolute Gasteiger partial charge is 0.0471 e. The van der Waals surface area contributed by atoms with Crippen LogP contribution in [0.15, 0.2) is 24.3 Å². The van der Waals surface area contributed by atoms with E-state index in [-0.39, 0.29) is 6.61 Å². The molecule has 2 nitrogen and oxygen atoms in total. The molecule has 1 aromatic carbocycles. The number of hydrogen-bond acceptors (Lipinski definition) is 2. The highest BCUT2D eigenvalue weighted by Gasteiger charge is 2.02. The third kappa shape index (κ3) is 4.23. The van der Waals surface area contributed by atoms with Gasteiger partial charge >= 0.3 is 0 Å². The van der Waals surface area contributed by atoms with Gasteiger partial charge in [0.1, 0.15) is 0 Å². The number of anilines is 1. The van der Waals surface area contributed by atoms with Gasteiger partial charge in [-0.3, -0.25) is 0 Å². The van der Waals surface area contributed by atoms with Gasteiger partial charge in [0.05, 0.1) is 0 Å². The zero-order chi connectivity index (χ0) is 11.8. The van der Waals surface area contributed by atoms with Gasteiger partial charge in [0.15, 0.2) is 0 Å². The van der Waals surface area contributed by atoms with Crippen LogP contribution in [0.1, 0.15) is 32.3 Å². The molecule has 0 aliphatic rings. The SMILES string of the molecule is CCC(CC)CNc1ccc(CCO)cc1. The lowest BCUT2D eigenvalue weighted by Gasteiger charge is -2.14. The summed E-state index contributed by atoms with van der Waals surface area (Å²) in [5.41, 5.74) is 2.36. The molecule has 90 valence electrons. The number of benzene rings is 1. The van der Waals surface area contributed by atoms with E-state index < -0.39 is 0 Å². The van der Waals surface area contributed by atoms with E-state index >= 15 is 0 Å². The van der Waals surface area contributed by atoms with Gasteiger partial charge in [0.2, 0.25) is 0 Å². The van der Waals surface area contributed by atoms with Gasteiger partial charge < -0.3 is 10.4 Å². The second-order valence-electron chi connectivity index (χ2n) is 4.23. The molecule has 2 N–H and O–H groups in total. The van der Waals surface area contributed by atoms with Gasteiger partial charge in [0, 0.05) is 18.8 Å². The molecule has 0 aliphatic carbocycles. The number of nitrogens with one attached hydrogen (secondary N) is 1. The van der Waals surface area contributed by atoms with Crippen LogP contribution in [0.4, 0.5) is 5.69 Å². The van der Waals surface area contributed by atoms with E-state index in [0.717, 1.165) is 18.9 Å². The molecule has 0 saturated carbocycles. The summed E-state index contributed by atoms with van der Waals surface area (Å²) < 4.78 is 0. The Kier molecular flexibility index (Phi) is 5.94. The standard InChI is InChI=1S/C14H23NO/c1-3-12(4-2)11-15-14-7-5-13(6-8-14)9-10-16/h5-8,12,15-16H,3-4,9-11H2,1-2H3. The van der Waals surface area contributed by atoms with Crippen molar-refractivity contribution in [3.05, 3.63) is 29.8 Å². The van der Waals surface area contributed by atoms with Gasteiger partial charge in [-0.15, -0.1) is 0 Å². The Labute approximate surface area is 98.7 Å². The summed E-state index contributed by atoms with van der Waals surface area (Å²) in [6.07, 6.45) is 3.20. The fourth-order valence-corrected chi connectivity index (χ4v) is 1.76. The van der Waals surface area contributed by atoms with Crippen LogP contribution in [0.2, 0.25) is 0 Å². The highest BCUT2D eigenvalue weighted by atomic mass is 16.2. The zero-order valence-corrected chi connectivity index (χ0v) is 10.4. The van der Waals surface area contributed by atoms with Gasteiger partial charge in [-0.25, -0.2) is 0 Å². The first kappa shape index (κ1) is 13.0. The summed E-state index contributed by atoms with van der Waals surface area (Å²) in [7, 11) is 0. The van der Waals surface area contributed by atoms with Gasteiger partial charge in [0.25, 0.3) is 0 Å². The highest BCUT2D eigenvalue weighted by molar-refractivity contribution is 5.44. The predicted octanol–water partition coefficient (Wildman–Crippen LogP) is 3.07. The van der Waals surface area contributed by atoms with Crippen LogP contribution in [0.25, 0.3) is 0 Å². The normalized spacial score (nSPS) is 10.8. The van der Waals surface area contributed by atoms with Crippen LogP contribution in [-0.2, 0) is 6.42 Å². The summed E-state index contributed by atoms with van der Waals surface area (Å²) in [4.78, 5) is 0. The predicted molar refractivity (Wildman–Crippen MR) is 69.8 cm³/mol. The van der Waals surface area contributed by atoms with Crippen LogP contribution in [0.5, 0.6) is 0 Å². The molecule has 0 unspecified atom stereocenters. The van der Waals surface area contributed by atoms with Crippen LogP contribution >= 0.6 is 0 Å². The molecule has 0 radical (unpaired) electrons. The van der Waals surface area contributed by atoms with Crippen molar-refractivity contribution in [2.45, 2.75) is 33.1 Å². The van der Waals surface area contributed by atoms with Crippen molar-refractivity contribution in [3.63, 3.8) is 0 Å². The average molecular weight is 221 g/mol. The highest BCUT2D eigenvalue weighted by Crippen LogP contribution is 2.13. The molecule has 1 aromatic rings. The van der Waals surface area contributed by atoms with E-state index in [0.29, 0.717) is 0 Å². The average Bonchev–Trinajstić information content (AvgIpc) is 2.33. The van der Waals surface area contributed by atoms with Crippen LogP contribution < -0.4 is 5.32 Å². The molecule has 0 aliphatic heterocycles. The molecule has 2 heteroatoms. The third-order valence-corrected chi connectivity index (χ3v) is 3.10. The first-order chi connectivity index (χ1) is 7.80. The zero-order valence-electron chi connectivity index (χ0n) is 10.4. The van der Waals surface area contributed by atoms with E-state index in [4.69, 9.17) is 5.11 Å². The minimum Gasteiger partial charge on any atom is -0.396 e. The second-order valence-corrected chi connectivity index (χ2v) is 4.23. The molecule has 0 saturated heterocycles. The van der Waals surface area contributed by atoms with Crippen molar-refractivity contribution in [2.75, 3.05) is 18.5 Å². The maximum absolute atomic E-state index is 8.81. The summed E-state index contributed by atoms with van der Waals surface area (Å²) >= 11 is 0. The lowest BCUT2D eigenvalue weighted by molar-refractivity contribution is 0.299. The lowest BCUT2D eigenvalue weighted by Crippen LogP contribution is -2.12. The van der Waals surface area contributed by atoms with Crippen molar-refractivity contribution in [3.8, 4) is 0 Å². The third-order valence-electron chi connectivity index (χ3n) is 3.10. The number of aliphatic hydroxyl groups excluding tert-OH is 1. The molecule has 0 fully saturated rings. The molecule has 0 aromatic heterocycles. The quantitative estimate of drug-likeness (QED) is 0.741. The molecule has 0 bridgehead atoms. The van der Waals surface area contributed by atoms with Crippen molar-refractivity contribution in [1.29, 1.82) is 0 Å². The first-order valence-corrected chi connectivity index (χ1v) is 6.23. The summed E-state index contributed by atoms with van der Waals surface area (Å²) in [6, 6.07) is 8.33. The lowest BCUT2D eigenvalue weighted by atomic mass is 10.0. The minimum atomic E-state index is 0.223. The summed E-state index contributed by atoms with van der Waals surface area (Å²) in [6.45, 7) is 5.74. The van der Waals surface area contributed by atoms with E-state index in [1.807, 2.05) is 0 Å². The molecule has 0 amide bonds.